The lowest BCUT2D eigenvalue weighted by molar-refractivity contribution is 0.288. The molecule has 0 heterocycles. The van der Waals surface area contributed by atoms with Gasteiger partial charge < -0.3 is 14.8 Å². The highest BCUT2D eigenvalue weighted by atomic mass is 16.5. The molecule has 0 spiro atoms. The van der Waals surface area contributed by atoms with E-state index in [0.29, 0.717) is 12.6 Å². The first-order valence-electron chi connectivity index (χ1n) is 6.85. The Hall–Kier alpha value is -2.00. The van der Waals surface area contributed by atoms with Crippen molar-refractivity contribution >= 4 is 0 Å². The second-order valence-corrected chi connectivity index (χ2v) is 4.59. The van der Waals surface area contributed by atoms with Crippen molar-refractivity contribution < 1.29 is 9.47 Å². The molecule has 0 fully saturated rings. The summed E-state index contributed by atoms with van der Waals surface area (Å²) in [5.74, 6) is 1.55. The molecule has 1 atom stereocenters. The lowest BCUT2D eigenvalue weighted by Crippen LogP contribution is -2.24. The van der Waals surface area contributed by atoms with E-state index in [-0.39, 0.29) is 0 Å². The van der Waals surface area contributed by atoms with E-state index >= 15 is 0 Å². The summed E-state index contributed by atoms with van der Waals surface area (Å²) in [6.07, 6.45) is 0. The molecule has 0 aromatic heterocycles. The Morgan fingerprint density at radius 3 is 2.30 bits per heavy atom. The van der Waals surface area contributed by atoms with Gasteiger partial charge >= 0.3 is 0 Å². The molecule has 0 aliphatic carbocycles. The van der Waals surface area contributed by atoms with Crippen molar-refractivity contribution in [1.29, 1.82) is 0 Å². The first kappa shape index (κ1) is 14.4. The molecule has 106 valence electrons. The summed E-state index contributed by atoms with van der Waals surface area (Å²) in [5, 5.41) is 3.44. The van der Waals surface area contributed by atoms with Crippen LogP contribution >= 0.6 is 0 Å². The number of methoxy groups -OCH3 is 1. The third-order valence-electron chi connectivity index (χ3n) is 3.18. The Labute approximate surface area is 120 Å². The molecular weight excluding hydrogens is 250 g/mol. The quantitative estimate of drug-likeness (QED) is 0.783. The highest BCUT2D eigenvalue weighted by molar-refractivity contribution is 5.39. The highest BCUT2D eigenvalue weighted by Gasteiger charge is 2.05. The maximum atomic E-state index is 5.73. The van der Waals surface area contributed by atoms with Crippen molar-refractivity contribution in [2.75, 3.05) is 20.3 Å². The second kappa shape index (κ2) is 7.56. The number of benzene rings is 2. The maximum Gasteiger partial charge on any atom is 0.161 e. The highest BCUT2D eigenvalue weighted by Crippen LogP contribution is 2.25. The van der Waals surface area contributed by atoms with E-state index in [9.17, 15) is 0 Å². The average Bonchev–Trinajstić information content (AvgIpc) is 2.52. The predicted molar refractivity (Wildman–Crippen MR) is 81.3 cm³/mol. The lowest BCUT2D eigenvalue weighted by Gasteiger charge is -2.15. The number of para-hydroxylation sites is 2. The molecule has 2 aromatic rings. The van der Waals surface area contributed by atoms with Crippen LogP contribution in [0.1, 0.15) is 18.5 Å². The van der Waals surface area contributed by atoms with Gasteiger partial charge in [0.25, 0.3) is 0 Å². The topological polar surface area (TPSA) is 30.5 Å². The number of nitrogens with one attached hydrogen (secondary N) is 1. The average molecular weight is 271 g/mol. The van der Waals surface area contributed by atoms with Gasteiger partial charge in [0.1, 0.15) is 6.61 Å². The van der Waals surface area contributed by atoms with Gasteiger partial charge in [0, 0.05) is 12.6 Å². The minimum atomic E-state index is 0.317. The fourth-order valence-corrected chi connectivity index (χ4v) is 2.03. The third kappa shape index (κ3) is 4.00. The van der Waals surface area contributed by atoms with Gasteiger partial charge in [-0.25, -0.2) is 0 Å². The SMILES string of the molecule is COc1ccccc1OCCN[C@@H](C)c1ccccc1. The van der Waals surface area contributed by atoms with Crippen LogP contribution in [-0.4, -0.2) is 20.3 Å². The Bertz CT molecular complexity index is 513. The zero-order chi connectivity index (χ0) is 14.2. The largest absolute Gasteiger partial charge is 0.493 e. The van der Waals surface area contributed by atoms with Crippen molar-refractivity contribution in [3.05, 3.63) is 60.2 Å². The minimum absolute atomic E-state index is 0.317. The number of ether oxygens (including phenoxy) is 2. The van der Waals surface area contributed by atoms with Crippen molar-refractivity contribution in [2.45, 2.75) is 13.0 Å². The zero-order valence-electron chi connectivity index (χ0n) is 12.0. The van der Waals surface area contributed by atoms with E-state index in [4.69, 9.17) is 9.47 Å². The van der Waals surface area contributed by atoms with Crippen LogP contribution in [0.4, 0.5) is 0 Å². The molecular formula is C17H21NO2. The minimum Gasteiger partial charge on any atom is -0.493 e. The van der Waals surface area contributed by atoms with Crippen LogP contribution in [-0.2, 0) is 0 Å². The first-order chi connectivity index (χ1) is 9.81. The van der Waals surface area contributed by atoms with Crippen molar-refractivity contribution in [2.24, 2.45) is 0 Å². The van der Waals surface area contributed by atoms with E-state index in [1.807, 2.05) is 30.3 Å². The van der Waals surface area contributed by atoms with Gasteiger partial charge in [-0.3, -0.25) is 0 Å². The summed E-state index contributed by atoms with van der Waals surface area (Å²) in [6.45, 7) is 3.55. The molecule has 3 heteroatoms. The third-order valence-corrected chi connectivity index (χ3v) is 3.18. The molecule has 0 aliphatic heterocycles. The van der Waals surface area contributed by atoms with Gasteiger partial charge in [-0.2, -0.15) is 0 Å². The summed E-state index contributed by atoms with van der Waals surface area (Å²) in [4.78, 5) is 0. The smallest absolute Gasteiger partial charge is 0.161 e. The molecule has 20 heavy (non-hydrogen) atoms. The molecule has 0 radical (unpaired) electrons. The predicted octanol–water partition coefficient (Wildman–Crippen LogP) is 3.42. The molecule has 0 unspecified atom stereocenters. The first-order valence-corrected chi connectivity index (χ1v) is 6.85. The molecule has 0 saturated carbocycles. The van der Waals surface area contributed by atoms with Gasteiger partial charge in [0.05, 0.1) is 7.11 Å². The summed E-state index contributed by atoms with van der Waals surface area (Å²) < 4.78 is 11.0. The van der Waals surface area contributed by atoms with E-state index < -0.39 is 0 Å². The standard InChI is InChI=1S/C17H21NO2/c1-14(15-8-4-3-5-9-15)18-12-13-20-17-11-7-6-10-16(17)19-2/h3-11,14,18H,12-13H2,1-2H3/t14-/m0/s1. The van der Waals surface area contributed by atoms with Crippen molar-refractivity contribution in [3.8, 4) is 11.5 Å². The number of hydrogen-bond acceptors (Lipinski definition) is 3. The summed E-state index contributed by atoms with van der Waals surface area (Å²) >= 11 is 0. The summed E-state index contributed by atoms with van der Waals surface area (Å²) in [5.41, 5.74) is 1.28. The number of hydrogen-bond donors (Lipinski definition) is 1. The molecule has 0 bridgehead atoms. The lowest BCUT2D eigenvalue weighted by atomic mass is 10.1. The van der Waals surface area contributed by atoms with Crippen LogP contribution in [0.15, 0.2) is 54.6 Å². The monoisotopic (exact) mass is 271 g/mol. The fourth-order valence-electron chi connectivity index (χ4n) is 2.03. The number of rotatable bonds is 7. The molecule has 1 N–H and O–H groups in total. The Morgan fingerprint density at radius 2 is 1.60 bits per heavy atom. The van der Waals surface area contributed by atoms with Crippen LogP contribution in [0, 0.1) is 0 Å². The van der Waals surface area contributed by atoms with Crippen LogP contribution in [0.3, 0.4) is 0 Å². The zero-order valence-corrected chi connectivity index (χ0v) is 12.0. The maximum absolute atomic E-state index is 5.73. The molecule has 0 amide bonds. The van der Waals surface area contributed by atoms with Gasteiger partial charge in [0.2, 0.25) is 0 Å². The normalized spacial score (nSPS) is 11.9. The van der Waals surface area contributed by atoms with E-state index in [1.54, 1.807) is 7.11 Å². The van der Waals surface area contributed by atoms with Gasteiger partial charge in [0.15, 0.2) is 11.5 Å². The van der Waals surface area contributed by atoms with Crippen LogP contribution in [0.5, 0.6) is 11.5 Å². The van der Waals surface area contributed by atoms with Crippen LogP contribution < -0.4 is 14.8 Å². The molecule has 3 nitrogen and oxygen atoms in total. The second-order valence-electron chi connectivity index (χ2n) is 4.59. The fraction of sp³-hybridized carbons (Fsp3) is 0.294. The molecule has 2 aromatic carbocycles. The van der Waals surface area contributed by atoms with Crippen molar-refractivity contribution in [3.63, 3.8) is 0 Å². The van der Waals surface area contributed by atoms with Gasteiger partial charge in [-0.05, 0) is 24.6 Å². The van der Waals surface area contributed by atoms with Crippen LogP contribution in [0.2, 0.25) is 0 Å². The van der Waals surface area contributed by atoms with Crippen molar-refractivity contribution in [1.82, 2.24) is 5.32 Å². The van der Waals surface area contributed by atoms with Crippen LogP contribution in [0.25, 0.3) is 0 Å². The Balaban J connectivity index is 1.76. The van der Waals surface area contributed by atoms with E-state index in [1.165, 1.54) is 5.56 Å². The molecule has 0 aliphatic rings. The van der Waals surface area contributed by atoms with Gasteiger partial charge in [-0.15, -0.1) is 0 Å². The molecule has 0 saturated heterocycles. The molecule has 2 rings (SSSR count). The summed E-state index contributed by atoms with van der Waals surface area (Å²) in [6, 6.07) is 18.4. The Morgan fingerprint density at radius 1 is 0.950 bits per heavy atom. The van der Waals surface area contributed by atoms with E-state index in [0.717, 1.165) is 18.0 Å². The Kier molecular flexibility index (Phi) is 5.44. The summed E-state index contributed by atoms with van der Waals surface area (Å²) in [7, 11) is 1.65. The van der Waals surface area contributed by atoms with E-state index in [2.05, 4.69) is 36.5 Å². The van der Waals surface area contributed by atoms with Gasteiger partial charge in [-0.1, -0.05) is 42.5 Å².